The number of carboxylic acid groups (broad SMARTS) is 1. The molecule has 0 aliphatic carbocycles. The minimum atomic E-state index is -1.24. The molecule has 8 saturated heterocycles. The Balaban J connectivity index is 0.000000206. The normalized spacial score (nSPS) is 27.2. The van der Waals surface area contributed by atoms with Crippen molar-refractivity contribution in [3.63, 3.8) is 0 Å². The molecule has 0 aromatic heterocycles. The van der Waals surface area contributed by atoms with E-state index >= 15 is 0 Å². The van der Waals surface area contributed by atoms with E-state index in [0.717, 1.165) is 130 Å². The van der Waals surface area contributed by atoms with Crippen molar-refractivity contribution in [1.29, 1.82) is 0 Å². The van der Waals surface area contributed by atoms with Gasteiger partial charge in [-0.25, -0.2) is 4.79 Å². The number of amides is 1. The van der Waals surface area contributed by atoms with Crippen LogP contribution in [0.2, 0.25) is 10.0 Å². The summed E-state index contributed by atoms with van der Waals surface area (Å²) in [6, 6.07) is 5.73. The van der Waals surface area contributed by atoms with Crippen LogP contribution in [-0.4, -0.2) is 191 Å². The molecule has 10 rings (SSSR count). The average Bonchev–Trinajstić information content (AvgIpc) is 3.39. The van der Waals surface area contributed by atoms with Gasteiger partial charge in [0.1, 0.15) is 23.5 Å². The molecule has 19 nitrogen and oxygen atoms in total. The monoisotopic (exact) mass is 1090 g/mol. The number of aromatic carboxylic acids is 1. The summed E-state index contributed by atoms with van der Waals surface area (Å²) < 4.78 is 28.0. The van der Waals surface area contributed by atoms with Crippen molar-refractivity contribution in [3.8, 4) is 5.75 Å². The second-order valence-electron chi connectivity index (χ2n) is 20.9. The molecular formula is C54H82Cl2N8O11. The number of nitrogens with one attached hydrogen (secondary N) is 1. The molecule has 8 N–H and O–H groups in total. The zero-order valence-corrected chi connectivity index (χ0v) is 45.7. The Labute approximate surface area is 452 Å². The summed E-state index contributed by atoms with van der Waals surface area (Å²) in [6.45, 7) is 12.1. The van der Waals surface area contributed by atoms with Gasteiger partial charge in [0.25, 0.3) is 5.91 Å². The number of carbonyl (C=O) groups excluding carboxylic acids is 4. The van der Waals surface area contributed by atoms with E-state index in [1.54, 1.807) is 26.4 Å². The van der Waals surface area contributed by atoms with Crippen LogP contribution in [0.3, 0.4) is 0 Å². The second kappa shape index (κ2) is 30.0. The van der Waals surface area contributed by atoms with E-state index in [1.807, 2.05) is 0 Å². The van der Waals surface area contributed by atoms with Crippen molar-refractivity contribution in [2.45, 2.75) is 126 Å². The number of hydrogen-bond donors (Lipinski definition) is 5. The van der Waals surface area contributed by atoms with Crippen LogP contribution in [0.5, 0.6) is 5.75 Å². The summed E-state index contributed by atoms with van der Waals surface area (Å²) in [5.74, 6) is -0.0788. The number of halogens is 2. The summed E-state index contributed by atoms with van der Waals surface area (Å²) in [7, 11) is 4.90. The number of esters is 2. The van der Waals surface area contributed by atoms with Crippen molar-refractivity contribution < 1.29 is 52.8 Å². The number of aldehydes is 1. The van der Waals surface area contributed by atoms with Crippen molar-refractivity contribution in [2.75, 3.05) is 111 Å². The molecule has 2 aromatic carbocycles. The number of methoxy groups -OCH3 is 3. The number of carboxylic acids is 1. The highest BCUT2D eigenvalue weighted by molar-refractivity contribution is 6.35. The van der Waals surface area contributed by atoms with Crippen LogP contribution in [0, 0.1) is 11.8 Å². The molecule has 75 heavy (non-hydrogen) atoms. The summed E-state index contributed by atoms with van der Waals surface area (Å²) in [5, 5.41) is 12.0. The van der Waals surface area contributed by atoms with Gasteiger partial charge in [0.05, 0.1) is 41.0 Å². The molecule has 6 atom stereocenters. The van der Waals surface area contributed by atoms with Crippen LogP contribution < -0.4 is 27.3 Å². The molecule has 8 aliphatic heterocycles. The molecule has 2 aromatic rings. The first-order valence-electron chi connectivity index (χ1n) is 26.9. The minimum absolute atomic E-state index is 0.00198. The second-order valence-corrected chi connectivity index (χ2v) is 21.7. The highest BCUT2D eigenvalue weighted by Gasteiger charge is 2.38. The molecule has 8 heterocycles. The Kier molecular flexibility index (Phi) is 24.0. The van der Waals surface area contributed by atoms with Gasteiger partial charge in [-0.3, -0.25) is 29.0 Å². The molecule has 8 aliphatic rings. The minimum Gasteiger partial charge on any atom is -0.496 e. The highest BCUT2D eigenvalue weighted by Crippen LogP contribution is 2.33. The number of anilines is 2. The number of fused-ring (bicyclic) bond motifs is 6. The van der Waals surface area contributed by atoms with Gasteiger partial charge in [0, 0.05) is 88.8 Å². The Bertz CT molecular complexity index is 2200. The largest absolute Gasteiger partial charge is 0.496 e. The number of likely N-dealkylation sites (tertiary alicyclic amines) is 2. The zero-order chi connectivity index (χ0) is 54.0. The number of nitrogens with two attached hydrogens (primary N) is 3. The van der Waals surface area contributed by atoms with Gasteiger partial charge < -0.3 is 61.1 Å². The molecular weight excluding hydrogens is 1010 g/mol. The van der Waals surface area contributed by atoms with Crippen LogP contribution in [0.1, 0.15) is 121 Å². The fraction of sp³-hybridized carbons (Fsp3) is 0.685. The molecule has 3 unspecified atom stereocenters. The van der Waals surface area contributed by atoms with Crippen molar-refractivity contribution in [1.82, 2.24) is 24.9 Å². The third-order valence-corrected chi connectivity index (χ3v) is 16.3. The van der Waals surface area contributed by atoms with Gasteiger partial charge >= 0.3 is 17.9 Å². The molecule has 0 spiro atoms. The van der Waals surface area contributed by atoms with E-state index in [2.05, 4.69) is 24.9 Å². The Hall–Kier alpha value is -4.31. The van der Waals surface area contributed by atoms with Gasteiger partial charge in [0.2, 0.25) is 0 Å². The van der Waals surface area contributed by atoms with Crippen molar-refractivity contribution >= 4 is 64.7 Å². The lowest BCUT2D eigenvalue weighted by Crippen LogP contribution is -2.55. The fourth-order valence-electron chi connectivity index (χ4n) is 11.3. The summed E-state index contributed by atoms with van der Waals surface area (Å²) in [6.07, 6.45) is 14.2. The Morgan fingerprint density at radius 1 is 0.640 bits per heavy atom. The van der Waals surface area contributed by atoms with E-state index in [4.69, 9.17) is 69.2 Å². The highest BCUT2D eigenvalue weighted by atomic mass is 35.5. The van der Waals surface area contributed by atoms with Crippen LogP contribution in [-0.2, 0) is 28.5 Å². The average molecular weight is 1090 g/mol. The molecule has 1 amide bonds. The van der Waals surface area contributed by atoms with Gasteiger partial charge in [-0.05, 0) is 140 Å². The Morgan fingerprint density at radius 3 is 1.60 bits per heavy atom. The lowest BCUT2D eigenvalue weighted by atomic mass is 9.86. The predicted octanol–water partition coefficient (Wildman–Crippen LogP) is 5.61. The molecule has 21 heteroatoms. The van der Waals surface area contributed by atoms with Gasteiger partial charge in [0.15, 0.2) is 6.29 Å². The molecule has 418 valence electrons. The quantitative estimate of drug-likeness (QED) is 0.0441. The van der Waals surface area contributed by atoms with Crippen LogP contribution >= 0.6 is 23.2 Å². The molecule has 0 saturated carbocycles. The van der Waals surface area contributed by atoms with Crippen molar-refractivity contribution in [3.05, 3.63) is 51.0 Å². The summed E-state index contributed by atoms with van der Waals surface area (Å²) in [5.41, 5.74) is 18.0. The number of benzene rings is 2. The summed E-state index contributed by atoms with van der Waals surface area (Å²) >= 11 is 11.9. The maximum Gasteiger partial charge on any atom is 0.337 e. The van der Waals surface area contributed by atoms with Crippen LogP contribution in [0.25, 0.3) is 0 Å². The lowest BCUT2D eigenvalue weighted by molar-refractivity contribution is -0.159. The Morgan fingerprint density at radius 2 is 1.13 bits per heavy atom. The number of carbonyl (C=O) groups is 5. The zero-order valence-electron chi connectivity index (χ0n) is 44.2. The smallest absolute Gasteiger partial charge is 0.337 e. The number of rotatable bonds is 21. The first-order valence-corrected chi connectivity index (χ1v) is 27.7. The SMILES string of the molecule is CO[C@H]1CN(CCCCCC(=O)OC2CN3CCC2CC3)CC[C@H]1N.COc1cc(N)cc(Cl)c1C(=O)NC1CCN(CCCCCC(=O)OC2CN3CCC2CC3)C[C@@H]1OC.Nc1cc(Cl)c(C(=O)O)c(C=O)c1. The topological polar surface area (TPSA) is 255 Å². The fourth-order valence-corrected chi connectivity index (χ4v) is 12.0. The third kappa shape index (κ3) is 17.9. The van der Waals surface area contributed by atoms with E-state index in [1.165, 1.54) is 45.2 Å². The number of hydrogen-bond acceptors (Lipinski definition) is 17. The van der Waals surface area contributed by atoms with Crippen molar-refractivity contribution in [2.24, 2.45) is 17.6 Å². The first-order chi connectivity index (χ1) is 36.1. The van der Waals surface area contributed by atoms with Crippen LogP contribution in [0.15, 0.2) is 24.3 Å². The van der Waals surface area contributed by atoms with Crippen LogP contribution in [0.4, 0.5) is 11.4 Å². The first kappa shape index (κ1) is 59.9. The molecule has 4 bridgehead atoms. The van der Waals surface area contributed by atoms with E-state index in [9.17, 15) is 24.0 Å². The number of ether oxygens (including phenoxy) is 5. The van der Waals surface area contributed by atoms with Gasteiger partial charge in [-0.1, -0.05) is 36.0 Å². The number of piperidine rings is 8. The van der Waals surface area contributed by atoms with E-state index in [0.29, 0.717) is 42.4 Å². The maximum atomic E-state index is 13.0. The number of unbranched alkanes of at least 4 members (excludes halogenated alkanes) is 4. The van der Waals surface area contributed by atoms with E-state index in [-0.39, 0.29) is 86.8 Å². The maximum absolute atomic E-state index is 13.0. The van der Waals surface area contributed by atoms with Gasteiger partial charge in [-0.2, -0.15) is 0 Å². The standard InChI is InChI=1S/C27H41ClN4O5.C19H35N3O3.C8H6ClNO3/c1-35-22-15-19(29)14-20(28)26(22)27(34)30-21-9-13-31(17-24(21)36-2)10-5-3-4-6-25(33)37-23-16-32-11-7-18(23)8-12-32;1-24-18-14-21(12-8-16(18)20)9-4-2-3-5-19(23)25-17-13-22-10-6-15(17)7-11-22;9-6-2-5(10)1-4(3-11)7(6)8(12)13/h14-15,18,21,23-24H,3-13,16-17,29H2,1-2H3,(H,30,34);15-18H,2-14,20H2,1H3;1-3H,10H2,(H,12,13)/t21?,23?,24-;16-,17?,18+;/m01./s1. The number of nitrogen functional groups attached to an aromatic ring is 2. The number of nitrogens with zero attached hydrogens (tertiary/aromatic N) is 4. The third-order valence-electron chi connectivity index (χ3n) is 15.7. The molecule has 0 radical (unpaired) electrons. The lowest BCUT2D eigenvalue weighted by Gasteiger charge is -2.43. The summed E-state index contributed by atoms with van der Waals surface area (Å²) in [4.78, 5) is 68.1. The predicted molar refractivity (Wildman–Crippen MR) is 289 cm³/mol. The van der Waals surface area contributed by atoms with E-state index < -0.39 is 5.97 Å². The molecule has 8 fully saturated rings. The van der Waals surface area contributed by atoms with Gasteiger partial charge in [-0.15, -0.1) is 0 Å².